The van der Waals surface area contributed by atoms with Crippen LogP contribution in [0.3, 0.4) is 0 Å². The molecule has 0 spiro atoms. The number of carbonyl (C=O) groups excluding carboxylic acids is 1. The van der Waals surface area contributed by atoms with Crippen molar-refractivity contribution >= 4 is 43.2 Å². The second-order valence-electron chi connectivity index (χ2n) is 8.66. The van der Waals surface area contributed by atoms with Crippen molar-refractivity contribution in [2.75, 3.05) is 11.9 Å². The van der Waals surface area contributed by atoms with Crippen LogP contribution in [0.5, 0.6) is 5.75 Å². The van der Waals surface area contributed by atoms with E-state index in [1.807, 2.05) is 31.2 Å². The fourth-order valence-electron chi connectivity index (χ4n) is 4.32. The Hall–Kier alpha value is -3.27. The zero-order valence-electron chi connectivity index (χ0n) is 19.1. The predicted octanol–water partition coefficient (Wildman–Crippen LogP) is 5.48. The fraction of sp³-hybridized carbons (Fsp3) is 0.231. The van der Waals surface area contributed by atoms with Crippen LogP contribution in [0.15, 0.2) is 71.6 Å². The SMILES string of the molecule is CC1CCCCN1S(=O)(=O)c1ccc(C(=O)Nc2ccc(-c3nc4ccccc4s3)c(O)c2)cc1. The van der Waals surface area contributed by atoms with Crippen molar-refractivity contribution in [3.8, 4) is 16.3 Å². The predicted molar refractivity (Wildman–Crippen MR) is 138 cm³/mol. The van der Waals surface area contributed by atoms with Gasteiger partial charge in [0, 0.05) is 29.9 Å². The molecular weight excluding hydrogens is 482 g/mol. The summed E-state index contributed by atoms with van der Waals surface area (Å²) in [6.07, 6.45) is 2.74. The molecule has 0 radical (unpaired) electrons. The van der Waals surface area contributed by atoms with Crippen LogP contribution in [0.25, 0.3) is 20.8 Å². The zero-order chi connectivity index (χ0) is 24.6. The number of sulfonamides is 1. The van der Waals surface area contributed by atoms with Crippen LogP contribution in [0, 0.1) is 0 Å². The number of amides is 1. The monoisotopic (exact) mass is 507 g/mol. The Morgan fingerprint density at radius 1 is 1.09 bits per heavy atom. The molecule has 0 aliphatic carbocycles. The third-order valence-corrected chi connectivity index (χ3v) is 9.34. The van der Waals surface area contributed by atoms with Crippen LogP contribution < -0.4 is 5.32 Å². The number of hydrogen-bond donors (Lipinski definition) is 2. The van der Waals surface area contributed by atoms with Gasteiger partial charge in [0.15, 0.2) is 0 Å². The quantitative estimate of drug-likeness (QED) is 0.372. The Labute approximate surface area is 208 Å². The Bertz CT molecular complexity index is 1460. The van der Waals surface area contributed by atoms with Crippen LogP contribution in [-0.2, 0) is 10.0 Å². The number of anilines is 1. The minimum Gasteiger partial charge on any atom is -0.507 e. The maximum Gasteiger partial charge on any atom is 0.255 e. The average Bonchev–Trinajstić information content (AvgIpc) is 3.28. The maximum atomic E-state index is 13.0. The largest absolute Gasteiger partial charge is 0.507 e. The molecule has 1 fully saturated rings. The third-order valence-electron chi connectivity index (χ3n) is 6.25. The molecule has 9 heteroatoms. The van der Waals surface area contributed by atoms with Crippen molar-refractivity contribution in [3.05, 3.63) is 72.3 Å². The molecule has 5 rings (SSSR count). The standard InChI is InChI=1S/C26H25N3O4S2/c1-17-6-4-5-15-29(17)35(32,33)20-12-9-18(10-13-20)25(31)27-19-11-14-21(23(30)16-19)26-28-22-7-2-3-8-24(22)34-26/h2-3,7-14,16-17,30H,4-6,15H2,1H3,(H,27,31). The summed E-state index contributed by atoms with van der Waals surface area (Å²) >= 11 is 1.48. The summed E-state index contributed by atoms with van der Waals surface area (Å²) in [5.41, 5.74) is 2.21. The molecule has 180 valence electrons. The van der Waals surface area contributed by atoms with Gasteiger partial charge in [-0.05, 0) is 68.3 Å². The van der Waals surface area contributed by atoms with E-state index in [-0.39, 0.29) is 16.7 Å². The summed E-state index contributed by atoms with van der Waals surface area (Å²) in [7, 11) is -3.60. The molecule has 1 saturated heterocycles. The molecule has 35 heavy (non-hydrogen) atoms. The maximum absolute atomic E-state index is 13.0. The summed E-state index contributed by atoms with van der Waals surface area (Å²) in [5, 5.41) is 14.0. The number of nitrogens with one attached hydrogen (secondary N) is 1. The number of thiazole rings is 1. The number of carbonyl (C=O) groups is 1. The first-order chi connectivity index (χ1) is 16.8. The Morgan fingerprint density at radius 3 is 2.57 bits per heavy atom. The molecule has 0 bridgehead atoms. The first-order valence-corrected chi connectivity index (χ1v) is 13.7. The van der Waals surface area contributed by atoms with Crippen molar-refractivity contribution in [3.63, 3.8) is 0 Å². The van der Waals surface area contributed by atoms with E-state index < -0.39 is 15.9 Å². The highest BCUT2D eigenvalue weighted by Crippen LogP contribution is 2.36. The van der Waals surface area contributed by atoms with E-state index in [0.717, 1.165) is 29.5 Å². The zero-order valence-corrected chi connectivity index (χ0v) is 20.8. The lowest BCUT2D eigenvalue weighted by atomic mass is 10.1. The number of hydrogen-bond acceptors (Lipinski definition) is 6. The molecule has 1 aliphatic rings. The van der Waals surface area contributed by atoms with Gasteiger partial charge < -0.3 is 10.4 Å². The van der Waals surface area contributed by atoms with Crippen LogP contribution in [0.1, 0.15) is 36.5 Å². The smallest absolute Gasteiger partial charge is 0.255 e. The van der Waals surface area contributed by atoms with E-state index in [0.29, 0.717) is 28.4 Å². The fourth-order valence-corrected chi connectivity index (χ4v) is 7.02. The lowest BCUT2D eigenvalue weighted by Gasteiger charge is -2.32. The van der Waals surface area contributed by atoms with Gasteiger partial charge in [-0.25, -0.2) is 13.4 Å². The van der Waals surface area contributed by atoms with E-state index in [4.69, 9.17) is 0 Å². The van der Waals surface area contributed by atoms with Crippen LogP contribution in [0.2, 0.25) is 0 Å². The van der Waals surface area contributed by atoms with Crippen molar-refractivity contribution in [1.82, 2.24) is 9.29 Å². The van der Waals surface area contributed by atoms with Gasteiger partial charge in [0.2, 0.25) is 10.0 Å². The molecular formula is C26H25N3O4S2. The van der Waals surface area contributed by atoms with Crippen LogP contribution >= 0.6 is 11.3 Å². The number of aromatic nitrogens is 1. The van der Waals surface area contributed by atoms with Crippen molar-refractivity contribution < 1.29 is 18.3 Å². The van der Waals surface area contributed by atoms with Gasteiger partial charge in [0.1, 0.15) is 10.8 Å². The van der Waals surface area contributed by atoms with Gasteiger partial charge in [-0.3, -0.25) is 4.79 Å². The molecule has 1 aromatic heterocycles. The summed E-state index contributed by atoms with van der Waals surface area (Å²) in [6.45, 7) is 2.44. The van der Waals surface area contributed by atoms with Crippen molar-refractivity contribution in [2.24, 2.45) is 0 Å². The molecule has 3 aromatic carbocycles. The lowest BCUT2D eigenvalue weighted by Crippen LogP contribution is -2.41. The van der Waals surface area contributed by atoms with E-state index in [1.165, 1.54) is 41.7 Å². The third kappa shape index (κ3) is 4.67. The molecule has 2 N–H and O–H groups in total. The number of benzene rings is 3. The summed E-state index contributed by atoms with van der Waals surface area (Å²) in [5.74, 6) is -0.383. The van der Waals surface area contributed by atoms with Crippen LogP contribution in [-0.4, -0.2) is 41.3 Å². The average molecular weight is 508 g/mol. The van der Waals surface area contributed by atoms with Gasteiger partial charge in [0.25, 0.3) is 5.91 Å². The summed E-state index contributed by atoms with van der Waals surface area (Å²) < 4.78 is 28.6. The number of nitrogens with zero attached hydrogens (tertiary/aromatic N) is 2. The molecule has 4 aromatic rings. The van der Waals surface area contributed by atoms with Gasteiger partial charge in [-0.1, -0.05) is 18.6 Å². The number of phenolic OH excluding ortho intramolecular Hbond substituents is 1. The first-order valence-electron chi connectivity index (χ1n) is 11.5. The Balaban J connectivity index is 1.31. The number of para-hydroxylation sites is 1. The minimum atomic E-state index is -3.60. The van der Waals surface area contributed by atoms with Crippen LogP contribution in [0.4, 0.5) is 5.69 Å². The molecule has 1 unspecified atom stereocenters. The number of aromatic hydroxyl groups is 1. The van der Waals surface area contributed by atoms with E-state index >= 15 is 0 Å². The molecule has 1 atom stereocenters. The second-order valence-corrected chi connectivity index (χ2v) is 11.6. The first kappa shape index (κ1) is 23.5. The Kier molecular flexibility index (Phi) is 6.31. The normalized spacial score (nSPS) is 16.9. The topological polar surface area (TPSA) is 99.6 Å². The molecule has 1 amide bonds. The van der Waals surface area contributed by atoms with Gasteiger partial charge >= 0.3 is 0 Å². The Morgan fingerprint density at radius 2 is 1.86 bits per heavy atom. The lowest BCUT2D eigenvalue weighted by molar-refractivity contribution is 0.102. The number of fused-ring (bicyclic) bond motifs is 1. The van der Waals surface area contributed by atoms with Gasteiger partial charge in [-0.15, -0.1) is 11.3 Å². The van der Waals surface area contributed by atoms with E-state index in [1.54, 1.807) is 16.4 Å². The highest BCUT2D eigenvalue weighted by molar-refractivity contribution is 7.89. The number of phenols is 1. The summed E-state index contributed by atoms with van der Waals surface area (Å²) in [6, 6.07) is 18.6. The minimum absolute atomic E-state index is 0.0129. The second kappa shape index (κ2) is 9.41. The van der Waals surface area contributed by atoms with Gasteiger partial charge in [0.05, 0.1) is 20.7 Å². The van der Waals surface area contributed by atoms with Gasteiger partial charge in [-0.2, -0.15) is 4.31 Å². The van der Waals surface area contributed by atoms with Crippen molar-refractivity contribution in [2.45, 2.75) is 37.1 Å². The number of piperidine rings is 1. The highest BCUT2D eigenvalue weighted by Gasteiger charge is 2.31. The molecule has 7 nitrogen and oxygen atoms in total. The summed E-state index contributed by atoms with van der Waals surface area (Å²) in [4.78, 5) is 17.5. The van der Waals surface area contributed by atoms with E-state index in [9.17, 15) is 18.3 Å². The highest BCUT2D eigenvalue weighted by atomic mass is 32.2. The molecule has 2 heterocycles. The van der Waals surface area contributed by atoms with Crippen molar-refractivity contribution in [1.29, 1.82) is 0 Å². The molecule has 1 aliphatic heterocycles. The molecule has 0 saturated carbocycles. The van der Waals surface area contributed by atoms with E-state index in [2.05, 4.69) is 10.3 Å². The number of rotatable bonds is 5.